The summed E-state index contributed by atoms with van der Waals surface area (Å²) in [4.78, 5) is 0. The fourth-order valence-electron chi connectivity index (χ4n) is 2.81. The molecule has 0 aliphatic carbocycles. The molecule has 4 rings (SSSR count). The van der Waals surface area contributed by atoms with Crippen LogP contribution >= 0.6 is 0 Å². The molecule has 0 bridgehead atoms. The van der Waals surface area contributed by atoms with Crippen molar-refractivity contribution in [3.05, 3.63) is 84.9 Å². The van der Waals surface area contributed by atoms with Crippen molar-refractivity contribution < 1.29 is 0 Å². The van der Waals surface area contributed by atoms with E-state index in [2.05, 4.69) is 51.9 Å². The zero-order chi connectivity index (χ0) is 17.1. The van der Waals surface area contributed by atoms with Gasteiger partial charge < -0.3 is 5.32 Å². The standard InChI is InChI=1S/C20H19N5/c1-24-15-17(13-23-24)16-7-9-18(10-8-16)21-14-20-11-12-22-25(20)19-5-3-2-4-6-19/h2-13,15,21H,14H2,1H3. The van der Waals surface area contributed by atoms with Crippen molar-refractivity contribution in [2.24, 2.45) is 7.05 Å². The van der Waals surface area contributed by atoms with Gasteiger partial charge >= 0.3 is 0 Å². The van der Waals surface area contributed by atoms with E-state index in [-0.39, 0.29) is 0 Å². The number of nitrogens with one attached hydrogen (secondary N) is 1. The van der Waals surface area contributed by atoms with Gasteiger partial charge in [0.25, 0.3) is 0 Å². The second kappa shape index (κ2) is 6.65. The quantitative estimate of drug-likeness (QED) is 0.604. The molecule has 0 atom stereocenters. The van der Waals surface area contributed by atoms with Gasteiger partial charge in [0.15, 0.2) is 0 Å². The maximum atomic E-state index is 4.42. The lowest BCUT2D eigenvalue weighted by atomic mass is 10.1. The lowest BCUT2D eigenvalue weighted by Gasteiger charge is -2.10. The first-order valence-electron chi connectivity index (χ1n) is 8.21. The van der Waals surface area contributed by atoms with E-state index in [1.54, 1.807) is 0 Å². The highest BCUT2D eigenvalue weighted by molar-refractivity contribution is 5.64. The molecule has 2 aromatic heterocycles. The highest BCUT2D eigenvalue weighted by atomic mass is 15.3. The lowest BCUT2D eigenvalue weighted by molar-refractivity contribution is 0.768. The maximum absolute atomic E-state index is 4.42. The number of hydrogen-bond acceptors (Lipinski definition) is 3. The smallest absolute Gasteiger partial charge is 0.0649 e. The molecule has 2 aromatic carbocycles. The molecule has 0 aliphatic heterocycles. The zero-order valence-electron chi connectivity index (χ0n) is 14.0. The topological polar surface area (TPSA) is 47.7 Å². The molecule has 0 aliphatic rings. The number of aromatic nitrogens is 4. The first-order valence-corrected chi connectivity index (χ1v) is 8.21. The molecule has 1 N–H and O–H groups in total. The van der Waals surface area contributed by atoms with E-state index in [9.17, 15) is 0 Å². The van der Waals surface area contributed by atoms with Gasteiger partial charge in [0, 0.05) is 30.7 Å². The van der Waals surface area contributed by atoms with E-state index in [4.69, 9.17) is 0 Å². The van der Waals surface area contributed by atoms with Gasteiger partial charge in [-0.25, -0.2) is 4.68 Å². The second-order valence-electron chi connectivity index (χ2n) is 5.90. The van der Waals surface area contributed by atoms with Crippen molar-refractivity contribution in [3.63, 3.8) is 0 Å². The highest BCUT2D eigenvalue weighted by Crippen LogP contribution is 2.21. The van der Waals surface area contributed by atoms with Gasteiger partial charge in [-0.1, -0.05) is 30.3 Å². The van der Waals surface area contributed by atoms with Gasteiger partial charge in [-0.05, 0) is 35.9 Å². The lowest BCUT2D eigenvalue weighted by Crippen LogP contribution is -2.07. The molecule has 0 radical (unpaired) electrons. The van der Waals surface area contributed by atoms with Crippen molar-refractivity contribution in [2.75, 3.05) is 5.32 Å². The summed E-state index contributed by atoms with van der Waals surface area (Å²) in [5, 5.41) is 12.1. The Morgan fingerprint density at radius 1 is 0.880 bits per heavy atom. The van der Waals surface area contributed by atoms with Gasteiger partial charge in [-0.15, -0.1) is 0 Å². The second-order valence-corrected chi connectivity index (χ2v) is 5.90. The fraction of sp³-hybridized carbons (Fsp3) is 0.100. The summed E-state index contributed by atoms with van der Waals surface area (Å²) >= 11 is 0. The Morgan fingerprint density at radius 3 is 2.40 bits per heavy atom. The van der Waals surface area contributed by atoms with Gasteiger partial charge in [-0.3, -0.25) is 4.68 Å². The summed E-state index contributed by atoms with van der Waals surface area (Å²) in [6.07, 6.45) is 5.72. The van der Waals surface area contributed by atoms with Crippen LogP contribution in [-0.2, 0) is 13.6 Å². The molecule has 0 saturated carbocycles. The Kier molecular flexibility index (Phi) is 4.04. The molecule has 4 aromatic rings. The van der Waals surface area contributed by atoms with Gasteiger partial charge in [-0.2, -0.15) is 10.2 Å². The molecular formula is C20H19N5. The van der Waals surface area contributed by atoms with E-state index in [0.29, 0.717) is 6.54 Å². The van der Waals surface area contributed by atoms with Crippen LogP contribution in [0.25, 0.3) is 16.8 Å². The largest absolute Gasteiger partial charge is 0.379 e. The third kappa shape index (κ3) is 3.30. The van der Waals surface area contributed by atoms with Crippen LogP contribution in [0, 0.1) is 0 Å². The van der Waals surface area contributed by atoms with Crippen LogP contribution in [0.4, 0.5) is 5.69 Å². The number of benzene rings is 2. The van der Waals surface area contributed by atoms with Crippen molar-refractivity contribution in [1.29, 1.82) is 0 Å². The van der Waals surface area contributed by atoms with Crippen LogP contribution in [-0.4, -0.2) is 19.6 Å². The summed E-state index contributed by atoms with van der Waals surface area (Å²) in [7, 11) is 1.93. The van der Waals surface area contributed by atoms with E-state index >= 15 is 0 Å². The Morgan fingerprint density at radius 2 is 1.68 bits per heavy atom. The molecular weight excluding hydrogens is 310 g/mol. The fourth-order valence-corrected chi connectivity index (χ4v) is 2.81. The maximum Gasteiger partial charge on any atom is 0.0649 e. The predicted octanol–water partition coefficient (Wildman–Crippen LogP) is 3.88. The Labute approximate surface area is 146 Å². The van der Waals surface area contributed by atoms with Crippen LogP contribution < -0.4 is 5.32 Å². The van der Waals surface area contributed by atoms with Gasteiger partial charge in [0.05, 0.1) is 24.1 Å². The Hall–Kier alpha value is -3.34. The molecule has 0 unspecified atom stereocenters. The predicted molar refractivity (Wildman–Crippen MR) is 99.5 cm³/mol. The normalized spacial score (nSPS) is 10.8. The van der Waals surface area contributed by atoms with Gasteiger partial charge in [0.2, 0.25) is 0 Å². The Balaban J connectivity index is 1.47. The van der Waals surface area contributed by atoms with Crippen molar-refractivity contribution in [1.82, 2.24) is 19.6 Å². The molecule has 0 saturated heterocycles. The van der Waals surface area contributed by atoms with E-state index in [0.717, 1.165) is 28.2 Å². The molecule has 124 valence electrons. The average Bonchev–Trinajstić information content (AvgIpc) is 3.30. The third-order valence-electron chi connectivity index (χ3n) is 4.12. The van der Waals surface area contributed by atoms with Gasteiger partial charge in [0.1, 0.15) is 0 Å². The van der Waals surface area contributed by atoms with E-state index in [1.807, 2.05) is 59.3 Å². The van der Waals surface area contributed by atoms with E-state index in [1.165, 1.54) is 0 Å². The van der Waals surface area contributed by atoms with Crippen LogP contribution in [0.15, 0.2) is 79.3 Å². The number of rotatable bonds is 5. The minimum Gasteiger partial charge on any atom is -0.379 e. The molecule has 0 amide bonds. The average molecular weight is 329 g/mol. The minimum absolute atomic E-state index is 0.709. The van der Waals surface area contributed by atoms with Crippen molar-refractivity contribution in [2.45, 2.75) is 6.54 Å². The molecule has 25 heavy (non-hydrogen) atoms. The molecule has 2 heterocycles. The molecule has 5 heteroatoms. The number of hydrogen-bond donors (Lipinski definition) is 1. The number of para-hydroxylation sites is 1. The van der Waals surface area contributed by atoms with Crippen LogP contribution in [0.2, 0.25) is 0 Å². The summed E-state index contributed by atoms with van der Waals surface area (Å²) in [6.45, 7) is 0.709. The molecule has 5 nitrogen and oxygen atoms in total. The first kappa shape index (κ1) is 15.2. The number of anilines is 1. The van der Waals surface area contributed by atoms with Crippen LogP contribution in [0.3, 0.4) is 0 Å². The zero-order valence-corrected chi connectivity index (χ0v) is 14.0. The van der Waals surface area contributed by atoms with Crippen molar-refractivity contribution in [3.8, 4) is 16.8 Å². The molecule has 0 spiro atoms. The number of aryl methyl sites for hydroxylation is 1. The molecule has 0 fully saturated rings. The minimum atomic E-state index is 0.709. The summed E-state index contributed by atoms with van der Waals surface area (Å²) in [5.41, 5.74) is 5.54. The first-order chi connectivity index (χ1) is 12.3. The van der Waals surface area contributed by atoms with Crippen LogP contribution in [0.1, 0.15) is 5.69 Å². The van der Waals surface area contributed by atoms with Crippen LogP contribution in [0.5, 0.6) is 0 Å². The third-order valence-corrected chi connectivity index (χ3v) is 4.12. The van der Waals surface area contributed by atoms with Crippen molar-refractivity contribution >= 4 is 5.69 Å². The highest BCUT2D eigenvalue weighted by Gasteiger charge is 2.05. The van der Waals surface area contributed by atoms with E-state index < -0.39 is 0 Å². The summed E-state index contributed by atoms with van der Waals surface area (Å²) < 4.78 is 3.77. The number of nitrogens with zero attached hydrogens (tertiary/aromatic N) is 4. The SMILES string of the molecule is Cn1cc(-c2ccc(NCc3ccnn3-c3ccccc3)cc2)cn1. The Bertz CT molecular complexity index is 951. The monoisotopic (exact) mass is 329 g/mol. The summed E-state index contributed by atoms with van der Waals surface area (Å²) in [6, 6.07) is 20.6. The summed E-state index contributed by atoms with van der Waals surface area (Å²) in [5.74, 6) is 0.